The van der Waals surface area contributed by atoms with E-state index in [1.807, 2.05) is 13.8 Å². The van der Waals surface area contributed by atoms with Gasteiger partial charge in [0.25, 0.3) is 15.9 Å². The molecule has 178 valence electrons. The van der Waals surface area contributed by atoms with E-state index in [2.05, 4.69) is 10.2 Å². The van der Waals surface area contributed by atoms with Gasteiger partial charge in [0.2, 0.25) is 5.91 Å². The number of nitro benzene ring substituents is 1. The average Bonchev–Trinajstić information content (AvgIpc) is 2.73. The molecule has 2 atom stereocenters. The third-order valence-corrected chi connectivity index (χ3v) is 7.77. The van der Waals surface area contributed by atoms with E-state index < -0.39 is 15.1 Å². The van der Waals surface area contributed by atoms with Crippen LogP contribution >= 0.6 is 0 Å². The standard InChI is InChI=1S/C20H31N5O6S/c1-15-13-24(14-16(2)31-15)32(29,30)23-11-9-22(10-12-23)8-7-20(26)21-18-5-4-6-19(17(18)3)25(27)28/h4-6,15-16H,7-14H2,1-3H3,(H,21,26). The topological polar surface area (TPSA) is 125 Å². The van der Waals surface area contributed by atoms with Crippen molar-refractivity contribution in [3.8, 4) is 0 Å². The normalized spacial score (nSPS) is 23.7. The van der Waals surface area contributed by atoms with Crippen LogP contribution in [0.1, 0.15) is 25.8 Å². The average molecular weight is 470 g/mol. The molecule has 32 heavy (non-hydrogen) atoms. The molecule has 2 heterocycles. The smallest absolute Gasteiger partial charge is 0.282 e. The molecule has 1 N–H and O–H groups in total. The van der Waals surface area contributed by atoms with Gasteiger partial charge in [-0.05, 0) is 26.8 Å². The number of nitrogens with zero attached hydrogens (tertiary/aromatic N) is 4. The molecule has 3 rings (SSSR count). The highest BCUT2D eigenvalue weighted by Gasteiger charge is 2.36. The number of benzene rings is 1. The fourth-order valence-corrected chi connectivity index (χ4v) is 5.84. The van der Waals surface area contributed by atoms with Gasteiger partial charge in [0.05, 0.1) is 28.4 Å². The summed E-state index contributed by atoms with van der Waals surface area (Å²) in [5.41, 5.74) is 0.801. The van der Waals surface area contributed by atoms with E-state index in [9.17, 15) is 23.3 Å². The van der Waals surface area contributed by atoms with Gasteiger partial charge in [-0.3, -0.25) is 14.9 Å². The van der Waals surface area contributed by atoms with Gasteiger partial charge in [-0.1, -0.05) is 6.07 Å². The van der Waals surface area contributed by atoms with Gasteiger partial charge in [-0.15, -0.1) is 0 Å². The first-order valence-corrected chi connectivity index (χ1v) is 12.1. The van der Waals surface area contributed by atoms with Gasteiger partial charge in [-0.25, -0.2) is 0 Å². The molecule has 1 aromatic carbocycles. The van der Waals surface area contributed by atoms with Gasteiger partial charge < -0.3 is 15.0 Å². The highest BCUT2D eigenvalue weighted by Crippen LogP contribution is 2.25. The quantitative estimate of drug-likeness (QED) is 0.470. The third kappa shape index (κ3) is 5.81. The summed E-state index contributed by atoms with van der Waals surface area (Å²) in [5.74, 6) is -0.236. The predicted octanol–water partition coefficient (Wildman–Crippen LogP) is 1.20. The van der Waals surface area contributed by atoms with E-state index in [4.69, 9.17) is 4.74 Å². The second kappa shape index (κ2) is 10.2. The second-order valence-corrected chi connectivity index (χ2v) is 10.3. The number of amides is 1. The number of nitro groups is 1. The molecule has 2 saturated heterocycles. The lowest BCUT2D eigenvalue weighted by molar-refractivity contribution is -0.385. The molecule has 2 unspecified atom stereocenters. The molecule has 0 aliphatic carbocycles. The number of morpholine rings is 1. The van der Waals surface area contributed by atoms with Crippen molar-refractivity contribution < 1.29 is 22.9 Å². The van der Waals surface area contributed by atoms with Gasteiger partial charge in [0.15, 0.2) is 0 Å². The number of carbonyl (C=O) groups excluding carboxylic acids is 1. The Hall–Kier alpha value is -2.12. The van der Waals surface area contributed by atoms with Crippen LogP contribution < -0.4 is 5.32 Å². The lowest BCUT2D eigenvalue weighted by Crippen LogP contribution is -2.57. The van der Waals surface area contributed by atoms with Crippen molar-refractivity contribution in [3.05, 3.63) is 33.9 Å². The lowest BCUT2D eigenvalue weighted by atomic mass is 10.1. The van der Waals surface area contributed by atoms with E-state index >= 15 is 0 Å². The van der Waals surface area contributed by atoms with E-state index in [0.29, 0.717) is 57.1 Å². The van der Waals surface area contributed by atoms with Crippen LogP contribution in [0.25, 0.3) is 0 Å². The molecule has 11 nitrogen and oxygen atoms in total. The summed E-state index contributed by atoms with van der Waals surface area (Å²) in [6.07, 6.45) is -0.0565. The molecule has 1 aromatic rings. The summed E-state index contributed by atoms with van der Waals surface area (Å²) in [6, 6.07) is 4.57. The summed E-state index contributed by atoms with van der Waals surface area (Å²) in [6.45, 7) is 8.35. The number of piperazine rings is 1. The fourth-order valence-electron chi connectivity index (χ4n) is 4.10. The van der Waals surface area contributed by atoms with Crippen molar-refractivity contribution in [2.24, 2.45) is 0 Å². The fraction of sp³-hybridized carbons (Fsp3) is 0.650. The molecule has 2 aliphatic rings. The number of rotatable bonds is 7. The van der Waals surface area contributed by atoms with Crippen LogP contribution in [0.3, 0.4) is 0 Å². The Morgan fingerprint density at radius 2 is 1.78 bits per heavy atom. The van der Waals surface area contributed by atoms with Gasteiger partial charge in [-0.2, -0.15) is 17.0 Å². The summed E-state index contributed by atoms with van der Waals surface area (Å²) >= 11 is 0. The minimum atomic E-state index is -3.54. The van der Waals surface area contributed by atoms with Crippen molar-refractivity contribution in [2.45, 2.75) is 39.4 Å². The van der Waals surface area contributed by atoms with Crippen molar-refractivity contribution in [2.75, 3.05) is 51.1 Å². The summed E-state index contributed by atoms with van der Waals surface area (Å²) < 4.78 is 34.6. The molecule has 0 radical (unpaired) electrons. The molecule has 1 amide bonds. The summed E-state index contributed by atoms with van der Waals surface area (Å²) in [5, 5.41) is 13.8. The molecular formula is C20H31N5O6S. The molecule has 2 aliphatic heterocycles. The maximum Gasteiger partial charge on any atom is 0.282 e. The first-order valence-electron chi connectivity index (χ1n) is 10.7. The van der Waals surface area contributed by atoms with Gasteiger partial charge >= 0.3 is 0 Å². The van der Waals surface area contributed by atoms with Crippen molar-refractivity contribution in [1.82, 2.24) is 13.5 Å². The largest absolute Gasteiger partial charge is 0.373 e. The Morgan fingerprint density at radius 3 is 2.38 bits per heavy atom. The monoisotopic (exact) mass is 469 g/mol. The zero-order valence-corrected chi connectivity index (χ0v) is 19.5. The van der Waals surface area contributed by atoms with Crippen molar-refractivity contribution >= 4 is 27.5 Å². The lowest BCUT2D eigenvalue weighted by Gasteiger charge is -2.40. The van der Waals surface area contributed by atoms with Crippen LogP contribution in [0, 0.1) is 17.0 Å². The van der Waals surface area contributed by atoms with Gasteiger partial charge in [0, 0.05) is 58.3 Å². The Morgan fingerprint density at radius 1 is 1.16 bits per heavy atom. The molecular weight excluding hydrogens is 438 g/mol. The van der Waals surface area contributed by atoms with Crippen LogP contribution in [0.5, 0.6) is 0 Å². The van der Waals surface area contributed by atoms with E-state index in [1.165, 1.54) is 20.7 Å². The SMILES string of the molecule is Cc1c(NC(=O)CCN2CCN(S(=O)(=O)N3CC(C)OC(C)C3)CC2)cccc1[N+](=O)[O-]. The maximum atomic E-state index is 13.0. The summed E-state index contributed by atoms with van der Waals surface area (Å²) in [4.78, 5) is 25.0. The van der Waals surface area contributed by atoms with E-state index in [1.54, 1.807) is 13.0 Å². The molecule has 12 heteroatoms. The zero-order valence-electron chi connectivity index (χ0n) is 18.7. The Balaban J connectivity index is 1.48. The molecule has 2 fully saturated rings. The van der Waals surface area contributed by atoms with Crippen LogP contribution in [-0.4, -0.2) is 90.8 Å². The van der Waals surface area contributed by atoms with E-state index in [0.717, 1.165) is 0 Å². The molecule has 0 bridgehead atoms. The Labute approximate surface area is 188 Å². The minimum Gasteiger partial charge on any atom is -0.373 e. The Kier molecular flexibility index (Phi) is 7.83. The number of nitrogens with one attached hydrogen (secondary N) is 1. The van der Waals surface area contributed by atoms with Crippen LogP contribution in [0.4, 0.5) is 11.4 Å². The predicted molar refractivity (Wildman–Crippen MR) is 120 cm³/mol. The van der Waals surface area contributed by atoms with Crippen LogP contribution in [-0.2, 0) is 19.7 Å². The second-order valence-electron chi connectivity index (χ2n) is 8.33. The molecule has 0 saturated carbocycles. The maximum absolute atomic E-state index is 13.0. The molecule has 0 aromatic heterocycles. The van der Waals surface area contributed by atoms with Gasteiger partial charge in [0.1, 0.15) is 0 Å². The summed E-state index contributed by atoms with van der Waals surface area (Å²) in [7, 11) is -3.54. The first-order chi connectivity index (χ1) is 15.1. The van der Waals surface area contributed by atoms with Crippen LogP contribution in [0.15, 0.2) is 18.2 Å². The number of ether oxygens (including phenoxy) is 1. The highest BCUT2D eigenvalue weighted by molar-refractivity contribution is 7.86. The minimum absolute atomic E-state index is 0.0378. The number of hydrogen-bond donors (Lipinski definition) is 1. The van der Waals surface area contributed by atoms with E-state index in [-0.39, 0.29) is 30.2 Å². The number of hydrogen-bond acceptors (Lipinski definition) is 7. The van der Waals surface area contributed by atoms with Crippen molar-refractivity contribution in [1.29, 1.82) is 0 Å². The third-order valence-electron chi connectivity index (χ3n) is 5.80. The number of anilines is 1. The first kappa shape index (κ1) is 24.5. The highest BCUT2D eigenvalue weighted by atomic mass is 32.2. The molecule has 0 spiro atoms. The van der Waals surface area contributed by atoms with Crippen molar-refractivity contribution in [3.63, 3.8) is 0 Å². The zero-order chi connectivity index (χ0) is 23.5. The number of carbonyl (C=O) groups is 1. The Bertz CT molecular complexity index is 938. The van der Waals surface area contributed by atoms with Crippen LogP contribution in [0.2, 0.25) is 0 Å².